The predicted octanol–water partition coefficient (Wildman–Crippen LogP) is 5.24. The largest absolute Gasteiger partial charge is 0.345 e. The standard InChI is InChI=1S/C21H22BrN3O/c1-15-8-9-16(2)17(11-15)14-25-10-4-7-20(25)13-23-21(26)24-19-6-3-5-18(22)12-19/h3-12H,13-14H2,1-2H3,(H2,23,24,26). The first kappa shape index (κ1) is 18.3. The van der Waals surface area contributed by atoms with Gasteiger partial charge in [-0.25, -0.2) is 4.79 Å². The van der Waals surface area contributed by atoms with Crippen LogP contribution in [-0.4, -0.2) is 10.6 Å². The van der Waals surface area contributed by atoms with Crippen molar-refractivity contribution < 1.29 is 4.79 Å². The molecule has 5 heteroatoms. The van der Waals surface area contributed by atoms with Gasteiger partial charge in [-0.2, -0.15) is 0 Å². The van der Waals surface area contributed by atoms with Gasteiger partial charge in [0.15, 0.2) is 0 Å². The molecule has 2 aromatic carbocycles. The summed E-state index contributed by atoms with van der Waals surface area (Å²) in [5, 5.41) is 5.76. The smallest absolute Gasteiger partial charge is 0.319 e. The number of aromatic nitrogens is 1. The van der Waals surface area contributed by atoms with Gasteiger partial charge in [-0.3, -0.25) is 0 Å². The van der Waals surface area contributed by atoms with E-state index in [1.54, 1.807) is 0 Å². The van der Waals surface area contributed by atoms with E-state index in [0.29, 0.717) is 6.54 Å². The number of carbonyl (C=O) groups excluding carboxylic acids is 1. The topological polar surface area (TPSA) is 46.1 Å². The molecule has 0 saturated carbocycles. The van der Waals surface area contributed by atoms with Crippen LogP contribution in [0, 0.1) is 13.8 Å². The first-order chi connectivity index (χ1) is 12.5. The average molecular weight is 412 g/mol. The molecule has 0 aliphatic heterocycles. The van der Waals surface area contributed by atoms with Gasteiger partial charge in [0.2, 0.25) is 0 Å². The van der Waals surface area contributed by atoms with Crippen molar-refractivity contribution in [3.63, 3.8) is 0 Å². The molecule has 26 heavy (non-hydrogen) atoms. The Balaban J connectivity index is 1.62. The minimum Gasteiger partial charge on any atom is -0.345 e. The van der Waals surface area contributed by atoms with Crippen molar-refractivity contribution in [2.24, 2.45) is 0 Å². The van der Waals surface area contributed by atoms with E-state index >= 15 is 0 Å². The highest BCUT2D eigenvalue weighted by Crippen LogP contribution is 2.16. The number of halogens is 1. The molecule has 0 aliphatic carbocycles. The van der Waals surface area contributed by atoms with Crippen LogP contribution in [0.2, 0.25) is 0 Å². The van der Waals surface area contributed by atoms with Crippen molar-refractivity contribution in [3.8, 4) is 0 Å². The van der Waals surface area contributed by atoms with Gasteiger partial charge in [-0.05, 0) is 55.3 Å². The molecule has 1 heterocycles. The summed E-state index contributed by atoms with van der Waals surface area (Å²) in [5.74, 6) is 0. The Labute approximate surface area is 162 Å². The van der Waals surface area contributed by atoms with Gasteiger partial charge in [0.25, 0.3) is 0 Å². The van der Waals surface area contributed by atoms with Crippen molar-refractivity contribution in [2.75, 3.05) is 5.32 Å². The van der Waals surface area contributed by atoms with Crippen molar-refractivity contribution in [1.82, 2.24) is 9.88 Å². The number of aryl methyl sites for hydroxylation is 2. The minimum atomic E-state index is -0.220. The number of carbonyl (C=O) groups is 1. The monoisotopic (exact) mass is 411 g/mol. The zero-order valence-corrected chi connectivity index (χ0v) is 16.5. The van der Waals surface area contributed by atoms with Crippen LogP contribution < -0.4 is 10.6 Å². The van der Waals surface area contributed by atoms with Gasteiger partial charge in [0.05, 0.1) is 6.54 Å². The third-order valence-corrected chi connectivity index (χ3v) is 4.77. The molecule has 3 rings (SSSR count). The molecule has 0 spiro atoms. The van der Waals surface area contributed by atoms with E-state index in [1.165, 1.54) is 16.7 Å². The van der Waals surface area contributed by atoms with Crippen LogP contribution in [0.4, 0.5) is 10.5 Å². The van der Waals surface area contributed by atoms with E-state index < -0.39 is 0 Å². The second-order valence-corrected chi connectivity index (χ2v) is 7.29. The maximum absolute atomic E-state index is 12.1. The number of rotatable bonds is 5. The van der Waals surface area contributed by atoms with Gasteiger partial charge in [0.1, 0.15) is 0 Å². The van der Waals surface area contributed by atoms with Crippen LogP contribution in [-0.2, 0) is 13.1 Å². The van der Waals surface area contributed by atoms with E-state index in [0.717, 1.165) is 22.4 Å². The van der Waals surface area contributed by atoms with Crippen LogP contribution in [0.3, 0.4) is 0 Å². The molecular formula is C21H22BrN3O. The van der Waals surface area contributed by atoms with Gasteiger partial charge in [-0.15, -0.1) is 0 Å². The highest BCUT2D eigenvalue weighted by molar-refractivity contribution is 9.10. The maximum Gasteiger partial charge on any atom is 0.319 e. The summed E-state index contributed by atoms with van der Waals surface area (Å²) in [5.41, 5.74) is 5.64. The Kier molecular flexibility index (Phi) is 5.78. The van der Waals surface area contributed by atoms with Crippen molar-refractivity contribution in [3.05, 3.63) is 87.7 Å². The highest BCUT2D eigenvalue weighted by Gasteiger charge is 2.07. The van der Waals surface area contributed by atoms with Crippen LogP contribution in [0.25, 0.3) is 0 Å². The molecule has 3 aromatic rings. The van der Waals surface area contributed by atoms with Gasteiger partial charge >= 0.3 is 6.03 Å². The van der Waals surface area contributed by atoms with E-state index in [4.69, 9.17) is 0 Å². The van der Waals surface area contributed by atoms with Gasteiger partial charge < -0.3 is 15.2 Å². The normalized spacial score (nSPS) is 10.6. The molecule has 0 fully saturated rings. The van der Waals surface area contributed by atoms with Gasteiger partial charge in [-0.1, -0.05) is 45.8 Å². The number of benzene rings is 2. The summed E-state index contributed by atoms with van der Waals surface area (Å²) in [7, 11) is 0. The number of nitrogens with zero attached hydrogens (tertiary/aromatic N) is 1. The van der Waals surface area contributed by atoms with E-state index in [9.17, 15) is 4.79 Å². The highest BCUT2D eigenvalue weighted by atomic mass is 79.9. The van der Waals surface area contributed by atoms with Crippen LogP contribution in [0.15, 0.2) is 65.3 Å². The molecule has 134 valence electrons. The lowest BCUT2D eigenvalue weighted by Crippen LogP contribution is -2.29. The first-order valence-corrected chi connectivity index (χ1v) is 9.31. The second kappa shape index (κ2) is 8.23. The molecule has 4 nitrogen and oxygen atoms in total. The molecule has 0 unspecified atom stereocenters. The third-order valence-electron chi connectivity index (χ3n) is 4.28. The molecule has 0 bridgehead atoms. The first-order valence-electron chi connectivity index (χ1n) is 8.52. The second-order valence-electron chi connectivity index (χ2n) is 6.38. The summed E-state index contributed by atoms with van der Waals surface area (Å²) < 4.78 is 3.10. The van der Waals surface area contributed by atoms with Crippen molar-refractivity contribution >= 4 is 27.6 Å². The molecular weight excluding hydrogens is 390 g/mol. The Morgan fingerprint density at radius 3 is 2.73 bits per heavy atom. The molecule has 0 saturated heterocycles. The number of hydrogen-bond acceptors (Lipinski definition) is 1. The Bertz CT molecular complexity index is 917. The fourth-order valence-electron chi connectivity index (χ4n) is 2.83. The fraction of sp³-hybridized carbons (Fsp3) is 0.190. The SMILES string of the molecule is Cc1ccc(C)c(Cn2cccc2CNC(=O)Nc2cccc(Br)c2)c1. The summed E-state index contributed by atoms with van der Waals surface area (Å²) in [4.78, 5) is 12.1. The zero-order chi connectivity index (χ0) is 18.5. The van der Waals surface area contributed by atoms with Gasteiger partial charge in [0, 0.05) is 28.6 Å². The Morgan fingerprint density at radius 1 is 1.08 bits per heavy atom. The average Bonchev–Trinajstić information content (AvgIpc) is 3.03. The third kappa shape index (κ3) is 4.76. The van der Waals surface area contributed by atoms with Crippen LogP contribution in [0.5, 0.6) is 0 Å². The molecule has 0 radical (unpaired) electrons. The van der Waals surface area contributed by atoms with Crippen molar-refractivity contribution in [1.29, 1.82) is 0 Å². The molecule has 0 atom stereocenters. The number of hydrogen-bond donors (Lipinski definition) is 2. The molecule has 0 aliphatic rings. The lowest BCUT2D eigenvalue weighted by molar-refractivity contribution is 0.251. The lowest BCUT2D eigenvalue weighted by Gasteiger charge is -2.13. The molecule has 2 amide bonds. The van der Waals surface area contributed by atoms with E-state index in [-0.39, 0.29) is 6.03 Å². The lowest BCUT2D eigenvalue weighted by atomic mass is 10.1. The maximum atomic E-state index is 12.1. The zero-order valence-electron chi connectivity index (χ0n) is 14.9. The number of urea groups is 1. The van der Waals surface area contributed by atoms with Crippen LogP contribution >= 0.6 is 15.9 Å². The fourth-order valence-corrected chi connectivity index (χ4v) is 3.23. The Hall–Kier alpha value is -2.53. The summed E-state index contributed by atoms with van der Waals surface area (Å²) in [6.45, 7) is 5.50. The summed E-state index contributed by atoms with van der Waals surface area (Å²) in [6, 6.07) is 17.8. The number of nitrogens with one attached hydrogen (secondary N) is 2. The quantitative estimate of drug-likeness (QED) is 0.592. The molecule has 1 aromatic heterocycles. The number of amides is 2. The summed E-state index contributed by atoms with van der Waals surface area (Å²) in [6.07, 6.45) is 2.05. The molecule has 2 N–H and O–H groups in total. The predicted molar refractivity (Wildman–Crippen MR) is 109 cm³/mol. The minimum absolute atomic E-state index is 0.220. The Morgan fingerprint density at radius 2 is 1.92 bits per heavy atom. The van der Waals surface area contributed by atoms with Crippen molar-refractivity contribution in [2.45, 2.75) is 26.9 Å². The number of anilines is 1. The summed E-state index contributed by atoms with van der Waals surface area (Å²) >= 11 is 3.40. The van der Waals surface area contributed by atoms with E-state index in [2.05, 4.69) is 63.2 Å². The van der Waals surface area contributed by atoms with Crippen LogP contribution in [0.1, 0.15) is 22.4 Å². The van der Waals surface area contributed by atoms with E-state index in [1.807, 2.05) is 42.6 Å².